The second-order valence-corrected chi connectivity index (χ2v) is 6.14. The zero-order valence-electron chi connectivity index (χ0n) is 10.7. The first kappa shape index (κ1) is 14.2. The van der Waals surface area contributed by atoms with E-state index >= 15 is 0 Å². The molecule has 0 N–H and O–H groups in total. The van der Waals surface area contributed by atoms with Gasteiger partial charge in [0, 0.05) is 14.5 Å². The predicted octanol–water partition coefficient (Wildman–Crippen LogP) is 4.56. The maximum Gasteiger partial charge on any atom is 0.363 e. The lowest BCUT2D eigenvalue weighted by Gasteiger charge is -1.99. The Morgan fingerprint density at radius 3 is 2.62 bits per heavy atom. The maximum absolute atomic E-state index is 11.9. The van der Waals surface area contributed by atoms with E-state index in [0.717, 1.165) is 20.1 Å². The van der Waals surface area contributed by atoms with Gasteiger partial charge in [0.1, 0.15) is 0 Å². The third-order valence-corrected chi connectivity index (χ3v) is 4.10. The summed E-state index contributed by atoms with van der Waals surface area (Å²) in [4.78, 5) is 16.2. The van der Waals surface area contributed by atoms with Gasteiger partial charge in [-0.3, -0.25) is 0 Å². The molecule has 0 fully saturated rings. The Hall–Kier alpha value is -1.72. The number of cyclic esters (lactones) is 1. The van der Waals surface area contributed by atoms with Crippen LogP contribution < -0.4 is 0 Å². The maximum atomic E-state index is 11.9. The van der Waals surface area contributed by atoms with E-state index in [0.29, 0.717) is 5.90 Å². The molecule has 0 aliphatic carbocycles. The zero-order chi connectivity index (χ0) is 14.8. The standard InChI is InChI=1S/C16H9Br2NO2/c17-12-6-3-5-11(8-12)15-19-14(16(20)21-15)9-10-4-1-2-7-13(10)18/h1-9H/b14-9+. The summed E-state index contributed by atoms with van der Waals surface area (Å²) in [7, 11) is 0. The number of hydrogen-bond acceptors (Lipinski definition) is 3. The molecule has 0 aromatic heterocycles. The Morgan fingerprint density at radius 2 is 1.86 bits per heavy atom. The number of halogens is 2. The van der Waals surface area contributed by atoms with Gasteiger partial charge in [0.25, 0.3) is 0 Å². The summed E-state index contributed by atoms with van der Waals surface area (Å²) in [5.74, 6) is -0.125. The number of esters is 1. The van der Waals surface area contributed by atoms with E-state index in [-0.39, 0.29) is 5.70 Å². The molecule has 0 saturated heterocycles. The summed E-state index contributed by atoms with van der Waals surface area (Å²) >= 11 is 6.83. The fourth-order valence-electron chi connectivity index (χ4n) is 1.89. The summed E-state index contributed by atoms with van der Waals surface area (Å²) in [6.45, 7) is 0. The number of hydrogen-bond donors (Lipinski definition) is 0. The quantitative estimate of drug-likeness (QED) is 0.541. The molecule has 0 atom stereocenters. The highest BCUT2D eigenvalue weighted by atomic mass is 79.9. The average molecular weight is 407 g/mol. The van der Waals surface area contributed by atoms with Crippen LogP contribution >= 0.6 is 31.9 Å². The molecule has 5 heteroatoms. The molecule has 0 radical (unpaired) electrons. The fourth-order valence-corrected chi connectivity index (χ4v) is 2.69. The number of carbonyl (C=O) groups excluding carboxylic acids is 1. The van der Waals surface area contributed by atoms with Crippen LogP contribution in [0.15, 0.2) is 68.2 Å². The van der Waals surface area contributed by atoms with Crippen molar-refractivity contribution >= 4 is 49.8 Å². The summed E-state index contributed by atoms with van der Waals surface area (Å²) in [5.41, 5.74) is 1.92. The van der Waals surface area contributed by atoms with Crippen molar-refractivity contribution in [2.24, 2.45) is 4.99 Å². The van der Waals surface area contributed by atoms with E-state index in [2.05, 4.69) is 36.9 Å². The van der Waals surface area contributed by atoms with Crippen LogP contribution in [0.5, 0.6) is 0 Å². The van der Waals surface area contributed by atoms with Gasteiger partial charge in [-0.1, -0.05) is 56.1 Å². The largest absolute Gasteiger partial charge is 0.402 e. The lowest BCUT2D eigenvalue weighted by molar-refractivity contribution is -0.129. The Labute approximate surface area is 138 Å². The minimum Gasteiger partial charge on any atom is -0.402 e. The van der Waals surface area contributed by atoms with Gasteiger partial charge in [-0.15, -0.1) is 0 Å². The molecule has 0 amide bonds. The van der Waals surface area contributed by atoms with Crippen LogP contribution in [0, 0.1) is 0 Å². The molecule has 1 aliphatic heterocycles. The van der Waals surface area contributed by atoms with Crippen molar-refractivity contribution < 1.29 is 9.53 Å². The molecule has 1 aliphatic rings. The molecule has 3 nitrogen and oxygen atoms in total. The summed E-state index contributed by atoms with van der Waals surface area (Å²) in [6.07, 6.45) is 1.71. The number of rotatable bonds is 2. The molecule has 0 bridgehead atoms. The lowest BCUT2D eigenvalue weighted by atomic mass is 10.2. The average Bonchev–Trinajstić information content (AvgIpc) is 2.83. The van der Waals surface area contributed by atoms with Gasteiger partial charge in [0.2, 0.25) is 5.90 Å². The normalized spacial score (nSPS) is 16.0. The van der Waals surface area contributed by atoms with E-state index in [9.17, 15) is 4.79 Å². The first-order valence-electron chi connectivity index (χ1n) is 6.16. The van der Waals surface area contributed by atoms with Crippen molar-refractivity contribution in [3.05, 3.63) is 74.3 Å². The zero-order valence-corrected chi connectivity index (χ0v) is 13.9. The van der Waals surface area contributed by atoms with Gasteiger partial charge >= 0.3 is 5.97 Å². The molecule has 3 rings (SSSR count). The molecular weight excluding hydrogens is 398 g/mol. The third kappa shape index (κ3) is 3.14. The van der Waals surface area contributed by atoms with Crippen LogP contribution in [0.1, 0.15) is 11.1 Å². The van der Waals surface area contributed by atoms with Crippen LogP contribution in [0.3, 0.4) is 0 Å². The second-order valence-electron chi connectivity index (χ2n) is 4.37. The first-order chi connectivity index (χ1) is 10.1. The van der Waals surface area contributed by atoms with Gasteiger partial charge in [-0.25, -0.2) is 9.79 Å². The predicted molar refractivity (Wildman–Crippen MR) is 88.9 cm³/mol. The number of nitrogens with zero attached hydrogens (tertiary/aromatic N) is 1. The van der Waals surface area contributed by atoms with Crippen LogP contribution in [-0.2, 0) is 9.53 Å². The van der Waals surface area contributed by atoms with Gasteiger partial charge in [0.05, 0.1) is 0 Å². The van der Waals surface area contributed by atoms with Crippen molar-refractivity contribution in [3.8, 4) is 0 Å². The van der Waals surface area contributed by atoms with Crippen molar-refractivity contribution in [2.45, 2.75) is 0 Å². The Morgan fingerprint density at radius 1 is 1.05 bits per heavy atom. The topological polar surface area (TPSA) is 38.7 Å². The van der Waals surface area contributed by atoms with Crippen molar-refractivity contribution in [2.75, 3.05) is 0 Å². The van der Waals surface area contributed by atoms with Crippen LogP contribution in [0.4, 0.5) is 0 Å². The fraction of sp³-hybridized carbons (Fsp3) is 0. The van der Waals surface area contributed by atoms with Crippen LogP contribution in [0.25, 0.3) is 6.08 Å². The van der Waals surface area contributed by atoms with Crippen molar-refractivity contribution in [3.63, 3.8) is 0 Å². The van der Waals surface area contributed by atoms with Gasteiger partial charge in [-0.2, -0.15) is 0 Å². The van der Waals surface area contributed by atoms with E-state index in [4.69, 9.17) is 4.74 Å². The van der Waals surface area contributed by atoms with Gasteiger partial charge in [0.15, 0.2) is 5.70 Å². The molecule has 0 spiro atoms. The van der Waals surface area contributed by atoms with E-state index < -0.39 is 5.97 Å². The van der Waals surface area contributed by atoms with Crippen LogP contribution in [0.2, 0.25) is 0 Å². The molecular formula is C16H9Br2NO2. The van der Waals surface area contributed by atoms with Gasteiger partial charge in [-0.05, 0) is 35.9 Å². The highest BCUT2D eigenvalue weighted by molar-refractivity contribution is 9.10. The smallest absolute Gasteiger partial charge is 0.363 e. The number of benzene rings is 2. The summed E-state index contributed by atoms with van der Waals surface area (Å²) in [5, 5.41) is 0. The SMILES string of the molecule is O=C1OC(c2cccc(Br)c2)=N/C1=C/c1ccccc1Br. The first-order valence-corrected chi connectivity index (χ1v) is 7.75. The number of aliphatic imine (C=N–C) groups is 1. The van der Waals surface area contributed by atoms with E-state index in [1.54, 1.807) is 6.08 Å². The number of carbonyl (C=O) groups is 1. The Balaban J connectivity index is 1.98. The van der Waals surface area contributed by atoms with Crippen molar-refractivity contribution in [1.82, 2.24) is 0 Å². The summed E-state index contributed by atoms with van der Waals surface area (Å²) < 4.78 is 7.04. The minimum atomic E-state index is -0.444. The molecule has 104 valence electrons. The lowest BCUT2D eigenvalue weighted by Crippen LogP contribution is -2.05. The highest BCUT2D eigenvalue weighted by Crippen LogP contribution is 2.24. The minimum absolute atomic E-state index is 0.289. The van der Waals surface area contributed by atoms with E-state index in [1.165, 1.54) is 0 Å². The Kier molecular flexibility index (Phi) is 4.03. The monoisotopic (exact) mass is 405 g/mol. The molecule has 0 saturated carbocycles. The summed E-state index contributed by atoms with van der Waals surface area (Å²) in [6, 6.07) is 15.1. The molecule has 2 aromatic rings. The second kappa shape index (κ2) is 5.95. The van der Waals surface area contributed by atoms with Crippen LogP contribution in [-0.4, -0.2) is 11.9 Å². The molecule has 1 heterocycles. The Bertz CT molecular complexity index is 781. The van der Waals surface area contributed by atoms with Crippen molar-refractivity contribution in [1.29, 1.82) is 0 Å². The number of ether oxygens (including phenoxy) is 1. The highest BCUT2D eigenvalue weighted by Gasteiger charge is 2.24. The van der Waals surface area contributed by atoms with Gasteiger partial charge < -0.3 is 4.74 Å². The molecule has 2 aromatic carbocycles. The molecule has 0 unspecified atom stereocenters. The van der Waals surface area contributed by atoms with E-state index in [1.807, 2.05) is 48.5 Å². The third-order valence-electron chi connectivity index (χ3n) is 2.89. The molecule has 21 heavy (non-hydrogen) atoms.